The Hall–Kier alpha value is -7.43. The van der Waals surface area contributed by atoms with Crippen molar-refractivity contribution >= 4 is 29.9 Å². The van der Waals surface area contributed by atoms with Crippen LogP contribution in [0.5, 0.6) is 11.5 Å². The number of hydrogen-bond donors (Lipinski definition) is 5. The molecule has 406 valence electrons. The molecule has 0 saturated carbocycles. The van der Waals surface area contributed by atoms with Gasteiger partial charge in [0.1, 0.15) is 36.4 Å². The summed E-state index contributed by atoms with van der Waals surface area (Å²) in [6, 6.07) is 43.0. The van der Waals surface area contributed by atoms with Gasteiger partial charge in [0.25, 0.3) is 0 Å². The van der Waals surface area contributed by atoms with Gasteiger partial charge in [0.2, 0.25) is 17.7 Å². The van der Waals surface area contributed by atoms with E-state index in [0.717, 1.165) is 40.7 Å². The van der Waals surface area contributed by atoms with Gasteiger partial charge in [0.15, 0.2) is 0 Å². The van der Waals surface area contributed by atoms with E-state index in [0.29, 0.717) is 95.3 Å². The number of benzene rings is 5. The lowest BCUT2D eigenvalue weighted by molar-refractivity contribution is -0.134. The van der Waals surface area contributed by atoms with Crippen molar-refractivity contribution in [3.63, 3.8) is 0 Å². The summed E-state index contributed by atoms with van der Waals surface area (Å²) < 4.78 is 28.7. The van der Waals surface area contributed by atoms with Crippen LogP contribution in [0.15, 0.2) is 140 Å². The Kier molecular flexibility index (Phi) is 23.9. The summed E-state index contributed by atoms with van der Waals surface area (Å²) in [5.74, 6) is 0.993. The predicted molar refractivity (Wildman–Crippen MR) is 289 cm³/mol. The third kappa shape index (κ3) is 18.4. The Labute approximate surface area is 447 Å². The van der Waals surface area contributed by atoms with Crippen LogP contribution in [-0.4, -0.2) is 105 Å². The van der Waals surface area contributed by atoms with E-state index in [4.69, 9.17) is 23.7 Å². The molecule has 0 spiro atoms. The number of carbonyl (C=O) groups excluding carboxylic acids is 5. The Balaban J connectivity index is 0.878. The minimum Gasteiger partial charge on any atom is -0.497 e. The number of carbonyl (C=O) groups is 5. The van der Waals surface area contributed by atoms with Gasteiger partial charge in [-0.25, -0.2) is 9.59 Å². The predicted octanol–water partition coefficient (Wildman–Crippen LogP) is 8.72. The number of nitrogens with zero attached hydrogens (tertiary/aromatic N) is 1. The Morgan fingerprint density at radius 3 is 1.66 bits per heavy atom. The minimum atomic E-state index is -1.06. The van der Waals surface area contributed by atoms with Crippen LogP contribution in [0.2, 0.25) is 0 Å². The first-order valence-electron chi connectivity index (χ1n) is 26.5. The number of aliphatic hydroxyl groups is 1. The highest BCUT2D eigenvalue weighted by Gasteiger charge is 2.41. The summed E-state index contributed by atoms with van der Waals surface area (Å²) in [4.78, 5) is 66.3. The molecule has 0 bridgehead atoms. The van der Waals surface area contributed by atoms with Crippen LogP contribution < -0.4 is 30.7 Å². The number of hydrogen-bond acceptors (Lipinski definition) is 11. The fourth-order valence-corrected chi connectivity index (χ4v) is 9.22. The fourth-order valence-electron chi connectivity index (χ4n) is 9.22. The minimum absolute atomic E-state index is 0.0406. The maximum absolute atomic E-state index is 13.7. The van der Waals surface area contributed by atoms with Crippen LogP contribution in [0.25, 0.3) is 0 Å². The number of amides is 5. The van der Waals surface area contributed by atoms with Crippen molar-refractivity contribution in [1.82, 2.24) is 26.2 Å². The van der Waals surface area contributed by atoms with Crippen molar-refractivity contribution in [1.29, 1.82) is 0 Å². The van der Waals surface area contributed by atoms with Crippen molar-refractivity contribution in [2.45, 2.75) is 114 Å². The lowest BCUT2D eigenvalue weighted by atomic mass is 9.80. The molecule has 1 aliphatic heterocycles. The van der Waals surface area contributed by atoms with E-state index in [-0.39, 0.29) is 50.1 Å². The molecule has 5 aromatic carbocycles. The van der Waals surface area contributed by atoms with Crippen LogP contribution in [0, 0.1) is 0 Å². The first kappa shape index (κ1) is 57.8. The second kappa shape index (κ2) is 31.5. The van der Waals surface area contributed by atoms with Crippen molar-refractivity contribution in [3.8, 4) is 11.5 Å². The van der Waals surface area contributed by atoms with Crippen molar-refractivity contribution in [2.75, 3.05) is 47.0 Å². The molecule has 76 heavy (non-hydrogen) atoms. The zero-order valence-corrected chi connectivity index (χ0v) is 43.9. The SMILES string of the molecule is COc1ccc(C(OC[C@@H]2C[C@@H](O)CN2C(=O)CCCCCNC(=O)CCCCCNC(=O)[C@H](CCCCNC(=O)OCc2ccccc2)NC(=O)OCc2ccccc2)(c2ccccc2)c2ccc(OC)cc2)cc1. The number of β-amino-alcohol motifs (C(OH)–C–C–N with tert-alkyl or cyclic N) is 1. The van der Waals surface area contributed by atoms with Gasteiger partial charge in [-0.1, -0.05) is 128 Å². The number of likely N-dealkylation sites (tertiary alicyclic amines) is 1. The molecule has 5 aromatic rings. The van der Waals surface area contributed by atoms with Gasteiger partial charge in [-0.3, -0.25) is 14.4 Å². The first-order chi connectivity index (χ1) is 37.1. The van der Waals surface area contributed by atoms with Crippen molar-refractivity contribution < 1.29 is 52.8 Å². The normalized spacial score (nSPS) is 14.5. The molecule has 1 saturated heterocycles. The van der Waals surface area contributed by atoms with Crippen LogP contribution in [0.1, 0.15) is 105 Å². The summed E-state index contributed by atoms with van der Waals surface area (Å²) in [5.41, 5.74) is 3.31. The molecular formula is C60H75N5O11. The molecule has 1 fully saturated rings. The van der Waals surface area contributed by atoms with E-state index in [1.807, 2.05) is 140 Å². The van der Waals surface area contributed by atoms with E-state index in [2.05, 4.69) is 21.3 Å². The molecule has 16 heteroatoms. The molecule has 6 rings (SSSR count). The number of aliphatic hydroxyl groups excluding tert-OH is 1. The van der Waals surface area contributed by atoms with E-state index >= 15 is 0 Å². The highest BCUT2D eigenvalue weighted by molar-refractivity contribution is 5.85. The summed E-state index contributed by atoms with van der Waals surface area (Å²) in [5, 5.41) is 22.2. The molecule has 1 aliphatic rings. The average molecular weight is 1040 g/mol. The van der Waals surface area contributed by atoms with Gasteiger partial charge in [-0.2, -0.15) is 0 Å². The van der Waals surface area contributed by atoms with Crippen molar-refractivity contribution in [2.24, 2.45) is 0 Å². The Morgan fingerprint density at radius 1 is 0.579 bits per heavy atom. The molecule has 3 atom stereocenters. The zero-order valence-electron chi connectivity index (χ0n) is 43.9. The molecule has 5 N–H and O–H groups in total. The first-order valence-corrected chi connectivity index (χ1v) is 26.5. The quantitative estimate of drug-likeness (QED) is 0.0210. The molecule has 5 amide bonds. The van der Waals surface area contributed by atoms with E-state index < -0.39 is 29.9 Å². The molecule has 0 radical (unpaired) electrons. The highest BCUT2D eigenvalue weighted by atomic mass is 16.6. The van der Waals surface area contributed by atoms with Gasteiger partial charge in [0, 0.05) is 39.0 Å². The molecular weight excluding hydrogens is 967 g/mol. The van der Waals surface area contributed by atoms with Gasteiger partial charge >= 0.3 is 12.2 Å². The van der Waals surface area contributed by atoms with Gasteiger partial charge in [-0.05, 0) is 103 Å². The molecule has 0 aromatic heterocycles. The van der Waals surface area contributed by atoms with Crippen molar-refractivity contribution in [3.05, 3.63) is 167 Å². The number of methoxy groups -OCH3 is 2. The molecule has 1 heterocycles. The lowest BCUT2D eigenvalue weighted by Gasteiger charge is -2.38. The zero-order chi connectivity index (χ0) is 53.8. The Morgan fingerprint density at radius 2 is 1.08 bits per heavy atom. The van der Waals surface area contributed by atoms with Gasteiger partial charge < -0.3 is 55.0 Å². The third-order valence-corrected chi connectivity index (χ3v) is 13.4. The number of unbranched alkanes of at least 4 members (excludes halogenated alkanes) is 5. The molecule has 0 unspecified atom stereocenters. The number of nitrogens with one attached hydrogen (secondary N) is 4. The van der Waals surface area contributed by atoms with E-state index in [1.54, 1.807) is 19.1 Å². The van der Waals surface area contributed by atoms with Crippen LogP contribution >= 0.6 is 0 Å². The number of alkyl carbamates (subject to hydrolysis) is 2. The van der Waals surface area contributed by atoms with Crippen LogP contribution in [0.4, 0.5) is 9.59 Å². The second-order valence-corrected chi connectivity index (χ2v) is 18.9. The molecule has 0 aliphatic carbocycles. The largest absolute Gasteiger partial charge is 0.497 e. The summed E-state index contributed by atoms with van der Waals surface area (Å²) in [7, 11) is 3.26. The Bertz CT molecular complexity index is 2470. The monoisotopic (exact) mass is 1040 g/mol. The smallest absolute Gasteiger partial charge is 0.408 e. The maximum Gasteiger partial charge on any atom is 0.408 e. The van der Waals surface area contributed by atoms with E-state index in [9.17, 15) is 29.1 Å². The van der Waals surface area contributed by atoms with Gasteiger partial charge in [0.05, 0.1) is 33.0 Å². The highest BCUT2D eigenvalue weighted by Crippen LogP contribution is 2.42. The second-order valence-electron chi connectivity index (χ2n) is 18.9. The van der Waals surface area contributed by atoms with Crippen LogP contribution in [-0.2, 0) is 47.4 Å². The number of rotatable bonds is 31. The average Bonchev–Trinajstić information content (AvgIpc) is 3.92. The third-order valence-electron chi connectivity index (χ3n) is 13.4. The maximum atomic E-state index is 13.7. The number of ether oxygens (including phenoxy) is 5. The van der Waals surface area contributed by atoms with Crippen LogP contribution in [0.3, 0.4) is 0 Å². The summed E-state index contributed by atoms with van der Waals surface area (Å²) in [6.07, 6.45) is 4.70. The summed E-state index contributed by atoms with van der Waals surface area (Å²) in [6.45, 7) is 1.85. The lowest BCUT2D eigenvalue weighted by Crippen LogP contribution is -2.47. The topological polar surface area (TPSA) is 203 Å². The van der Waals surface area contributed by atoms with Gasteiger partial charge in [-0.15, -0.1) is 0 Å². The summed E-state index contributed by atoms with van der Waals surface area (Å²) >= 11 is 0. The molecule has 16 nitrogen and oxygen atoms in total. The fraction of sp³-hybridized carbons (Fsp3) is 0.417. The van der Waals surface area contributed by atoms with E-state index in [1.165, 1.54) is 0 Å². The standard InChI is InChI=1S/C60H75N5O11/c1-72-52-33-29-48(30-34-52)60(47-24-12-5-13-25-47,49-31-35-53(73-2)36-32-49)76-44-50-40-51(66)41-65(50)56(68)28-15-7-17-37-61-55(67)27-14-6-18-38-62-57(69)54(64-59(71)75-43-46-22-10-4-11-23-46)26-16-19-39-63-58(70)74-42-45-20-8-3-9-21-45/h3-5,8-13,20-25,29-36,50-51,54,66H,6-7,14-19,26-28,37-44H2,1-2H3,(H,61,67)(H,62,69)(H,63,70)(H,64,71)/t50-,51+,54-/m0/s1.